The number of sulfone groups is 1. The molecule has 0 fully saturated rings. The van der Waals surface area contributed by atoms with Gasteiger partial charge in [0.15, 0.2) is 9.84 Å². The van der Waals surface area contributed by atoms with Crippen molar-refractivity contribution in [3.05, 3.63) is 82.3 Å². The fourth-order valence-electron chi connectivity index (χ4n) is 3.26. The number of halogens is 1. The summed E-state index contributed by atoms with van der Waals surface area (Å²) in [6.07, 6.45) is 5.42. The highest BCUT2D eigenvalue weighted by atomic mass is 32.2. The molecule has 0 saturated carbocycles. The lowest BCUT2D eigenvalue weighted by Crippen LogP contribution is -2.28. The number of hydrogen-bond donors (Lipinski definition) is 2. The molecule has 0 spiro atoms. The fourth-order valence-corrected chi connectivity index (χ4v) is 3.89. The lowest BCUT2D eigenvalue weighted by molar-refractivity contribution is 0.0941. The Morgan fingerprint density at radius 2 is 1.88 bits per heavy atom. The second-order valence-corrected chi connectivity index (χ2v) is 9.25. The van der Waals surface area contributed by atoms with Crippen LogP contribution in [0.3, 0.4) is 0 Å². The molecule has 32 heavy (non-hydrogen) atoms. The summed E-state index contributed by atoms with van der Waals surface area (Å²) in [5, 5.41) is 7.34. The number of fused-ring (bicyclic) bond motifs is 1. The molecule has 2 N–H and O–H groups in total. The first kappa shape index (κ1) is 21.4. The molecule has 4 aromatic rings. The van der Waals surface area contributed by atoms with Crippen LogP contribution in [0.25, 0.3) is 16.6 Å². The van der Waals surface area contributed by atoms with Crippen LogP contribution in [-0.2, 0) is 9.84 Å². The number of carbonyl (C=O) groups excluding carboxylic acids is 1. The number of pyridine rings is 2. The van der Waals surface area contributed by atoms with Gasteiger partial charge in [-0.05, 0) is 42.8 Å². The summed E-state index contributed by atoms with van der Waals surface area (Å²) in [4.78, 5) is 31.2. The highest BCUT2D eigenvalue weighted by Gasteiger charge is 2.19. The Labute approximate surface area is 181 Å². The van der Waals surface area contributed by atoms with Gasteiger partial charge >= 0.3 is 0 Å². The van der Waals surface area contributed by atoms with Crippen LogP contribution >= 0.6 is 0 Å². The predicted octanol–water partition coefficient (Wildman–Crippen LogP) is 2.14. The summed E-state index contributed by atoms with van der Waals surface area (Å²) in [5.41, 5.74) is 1.15. The van der Waals surface area contributed by atoms with E-state index in [0.717, 1.165) is 6.26 Å². The third-order valence-corrected chi connectivity index (χ3v) is 5.92. The molecule has 11 heteroatoms. The first-order valence-corrected chi connectivity index (χ1v) is 11.4. The third-order valence-electron chi connectivity index (χ3n) is 4.90. The molecule has 0 radical (unpaired) electrons. The van der Waals surface area contributed by atoms with E-state index in [-0.39, 0.29) is 16.4 Å². The van der Waals surface area contributed by atoms with Crippen molar-refractivity contribution in [2.75, 3.05) is 6.26 Å². The van der Waals surface area contributed by atoms with Crippen molar-refractivity contribution in [2.24, 2.45) is 0 Å². The van der Waals surface area contributed by atoms with E-state index in [1.807, 2.05) is 0 Å². The SMILES string of the molecule is C[C@H](NC(=O)c1cncc2c1cnn2-c1ccc(F)cc1)c1cc(S(C)(=O)=O)[nH]c(=O)c1. The van der Waals surface area contributed by atoms with E-state index in [0.29, 0.717) is 22.2 Å². The van der Waals surface area contributed by atoms with Crippen LogP contribution in [-0.4, -0.2) is 40.3 Å². The van der Waals surface area contributed by atoms with Gasteiger partial charge in [-0.3, -0.25) is 14.6 Å². The van der Waals surface area contributed by atoms with Gasteiger partial charge in [0.05, 0.1) is 35.2 Å². The number of aromatic nitrogens is 4. The predicted molar refractivity (Wildman–Crippen MR) is 115 cm³/mol. The molecule has 4 rings (SSSR count). The molecule has 1 atom stereocenters. The van der Waals surface area contributed by atoms with Crippen molar-refractivity contribution >= 4 is 26.6 Å². The van der Waals surface area contributed by atoms with Gasteiger partial charge in [-0.2, -0.15) is 5.10 Å². The fraction of sp³-hybridized carbons (Fsp3) is 0.143. The first-order chi connectivity index (χ1) is 15.1. The maximum atomic E-state index is 13.2. The Morgan fingerprint density at radius 3 is 2.56 bits per heavy atom. The number of hydrogen-bond acceptors (Lipinski definition) is 6. The van der Waals surface area contributed by atoms with Gasteiger partial charge in [-0.25, -0.2) is 17.5 Å². The second-order valence-electron chi connectivity index (χ2n) is 7.26. The summed E-state index contributed by atoms with van der Waals surface area (Å²) < 4.78 is 38.4. The molecule has 9 nitrogen and oxygen atoms in total. The van der Waals surface area contributed by atoms with Crippen LogP contribution in [0, 0.1) is 5.82 Å². The van der Waals surface area contributed by atoms with Crippen LogP contribution in [0.2, 0.25) is 0 Å². The van der Waals surface area contributed by atoms with E-state index >= 15 is 0 Å². The molecule has 0 bridgehead atoms. The molecule has 0 aliphatic heterocycles. The minimum Gasteiger partial charge on any atom is -0.345 e. The highest BCUT2D eigenvalue weighted by molar-refractivity contribution is 7.90. The molecule has 3 aromatic heterocycles. The van der Waals surface area contributed by atoms with Gasteiger partial charge in [-0.1, -0.05) is 0 Å². The van der Waals surface area contributed by atoms with E-state index in [4.69, 9.17) is 0 Å². The van der Waals surface area contributed by atoms with Crippen molar-refractivity contribution < 1.29 is 17.6 Å². The molecule has 0 saturated heterocycles. The number of rotatable bonds is 5. The number of amides is 1. The Balaban J connectivity index is 1.66. The summed E-state index contributed by atoms with van der Waals surface area (Å²) in [6.45, 7) is 1.63. The topological polar surface area (TPSA) is 127 Å². The Morgan fingerprint density at radius 1 is 1.16 bits per heavy atom. The van der Waals surface area contributed by atoms with Gasteiger partial charge in [0, 0.05) is 23.9 Å². The molecular formula is C21H18FN5O4S. The number of nitrogens with one attached hydrogen (secondary N) is 2. The quantitative estimate of drug-likeness (QED) is 0.475. The largest absolute Gasteiger partial charge is 0.345 e. The minimum absolute atomic E-state index is 0.231. The number of nitrogens with zero attached hydrogens (tertiary/aromatic N) is 3. The van der Waals surface area contributed by atoms with Crippen molar-refractivity contribution in [3.63, 3.8) is 0 Å². The van der Waals surface area contributed by atoms with Crippen molar-refractivity contribution in [1.82, 2.24) is 25.1 Å². The van der Waals surface area contributed by atoms with Gasteiger partial charge in [0.1, 0.15) is 10.8 Å². The smallest absolute Gasteiger partial charge is 0.254 e. The number of aromatic amines is 1. The standard InChI is InChI=1S/C21H18FN5O4S/c1-12(13-7-19(28)26-20(8-13)32(2,30)31)25-21(29)17-9-23-11-18-16(17)10-24-27(18)15-5-3-14(22)4-6-15/h3-12H,1-2H3,(H,25,29)(H,26,28)/t12-/m0/s1. The van der Waals surface area contributed by atoms with Crippen molar-refractivity contribution in [2.45, 2.75) is 18.0 Å². The summed E-state index contributed by atoms with van der Waals surface area (Å²) in [6, 6.07) is 7.61. The average molecular weight is 455 g/mol. The molecule has 1 aromatic carbocycles. The first-order valence-electron chi connectivity index (χ1n) is 9.46. The summed E-state index contributed by atoms with van der Waals surface area (Å²) >= 11 is 0. The van der Waals surface area contributed by atoms with Crippen LogP contribution < -0.4 is 10.9 Å². The second kappa shape index (κ2) is 8.00. The van der Waals surface area contributed by atoms with Gasteiger partial charge in [0.25, 0.3) is 5.91 Å². The molecule has 164 valence electrons. The van der Waals surface area contributed by atoms with Gasteiger partial charge in [-0.15, -0.1) is 0 Å². The number of carbonyl (C=O) groups is 1. The van der Waals surface area contributed by atoms with Crippen LogP contribution in [0.1, 0.15) is 28.9 Å². The minimum atomic E-state index is -3.63. The lowest BCUT2D eigenvalue weighted by Gasteiger charge is -2.15. The Bertz CT molecular complexity index is 1490. The zero-order valence-electron chi connectivity index (χ0n) is 17.0. The maximum Gasteiger partial charge on any atom is 0.254 e. The molecule has 1 amide bonds. The molecule has 0 aliphatic rings. The molecule has 0 unspecified atom stereocenters. The van der Waals surface area contributed by atoms with Crippen LogP contribution in [0.4, 0.5) is 4.39 Å². The monoisotopic (exact) mass is 455 g/mol. The molecular weight excluding hydrogens is 437 g/mol. The Kier molecular flexibility index (Phi) is 5.35. The van der Waals surface area contributed by atoms with Crippen LogP contribution in [0.5, 0.6) is 0 Å². The Hall–Kier alpha value is -3.86. The van der Waals surface area contributed by atoms with Gasteiger partial charge < -0.3 is 10.3 Å². The molecule has 3 heterocycles. The molecule has 0 aliphatic carbocycles. The van der Waals surface area contributed by atoms with E-state index in [1.54, 1.807) is 25.3 Å². The van der Waals surface area contributed by atoms with E-state index < -0.39 is 27.3 Å². The van der Waals surface area contributed by atoms with E-state index in [2.05, 4.69) is 20.4 Å². The summed E-state index contributed by atoms with van der Waals surface area (Å²) in [7, 11) is -3.63. The van der Waals surface area contributed by atoms with Gasteiger partial charge in [0.2, 0.25) is 5.56 Å². The highest BCUT2D eigenvalue weighted by Crippen LogP contribution is 2.22. The lowest BCUT2D eigenvalue weighted by atomic mass is 10.1. The average Bonchev–Trinajstić information content (AvgIpc) is 3.17. The van der Waals surface area contributed by atoms with E-state index in [1.165, 1.54) is 41.3 Å². The number of H-pyrrole nitrogens is 1. The maximum absolute atomic E-state index is 13.2. The van der Waals surface area contributed by atoms with E-state index in [9.17, 15) is 22.4 Å². The third kappa shape index (κ3) is 4.14. The summed E-state index contributed by atoms with van der Waals surface area (Å²) in [5.74, 6) is -0.855. The number of benzene rings is 1. The zero-order valence-corrected chi connectivity index (χ0v) is 17.9. The zero-order chi connectivity index (χ0) is 23.0. The van der Waals surface area contributed by atoms with Crippen molar-refractivity contribution in [1.29, 1.82) is 0 Å². The van der Waals surface area contributed by atoms with Crippen molar-refractivity contribution in [3.8, 4) is 5.69 Å². The van der Waals surface area contributed by atoms with Crippen LogP contribution in [0.15, 0.2) is 64.8 Å². The normalized spacial score (nSPS) is 12.6.